The molecular formula is C22H16F3N3O5S. The van der Waals surface area contributed by atoms with Gasteiger partial charge in [-0.25, -0.2) is 14.2 Å². The Morgan fingerprint density at radius 1 is 1.15 bits per heavy atom. The molecule has 0 amide bonds. The van der Waals surface area contributed by atoms with E-state index in [1.54, 1.807) is 24.3 Å². The van der Waals surface area contributed by atoms with Gasteiger partial charge >= 0.3 is 17.8 Å². The molecule has 2 aromatic carbocycles. The van der Waals surface area contributed by atoms with E-state index in [1.165, 1.54) is 12.1 Å². The van der Waals surface area contributed by atoms with Crippen LogP contribution in [-0.2, 0) is 18.0 Å². The lowest BCUT2D eigenvalue weighted by Gasteiger charge is -2.14. The Morgan fingerprint density at radius 3 is 2.56 bits per heavy atom. The first-order valence-electron chi connectivity index (χ1n) is 9.73. The molecule has 0 radical (unpaired) electrons. The summed E-state index contributed by atoms with van der Waals surface area (Å²) in [6, 6.07) is 10.0. The molecule has 12 heteroatoms. The number of nitrogens with zero attached hydrogens (tertiary/aromatic N) is 3. The lowest BCUT2D eigenvalue weighted by atomic mass is 10.0. The highest BCUT2D eigenvalue weighted by Gasteiger charge is 2.35. The average molecular weight is 491 g/mol. The van der Waals surface area contributed by atoms with Crippen LogP contribution in [0.5, 0.6) is 5.75 Å². The van der Waals surface area contributed by atoms with Crippen molar-refractivity contribution in [2.45, 2.75) is 13.1 Å². The zero-order valence-electron chi connectivity index (χ0n) is 17.7. The molecule has 0 aliphatic heterocycles. The molecule has 0 fully saturated rings. The Balaban J connectivity index is 1.90. The van der Waals surface area contributed by atoms with Gasteiger partial charge in [-0.3, -0.25) is 9.36 Å². The molecule has 4 aromatic rings. The molecule has 4 rings (SSSR count). The summed E-state index contributed by atoms with van der Waals surface area (Å²) in [6.45, 7) is 1.24. The number of aromatic nitrogens is 3. The van der Waals surface area contributed by atoms with E-state index in [-0.39, 0.29) is 11.4 Å². The Labute approximate surface area is 193 Å². The lowest BCUT2D eigenvalue weighted by molar-refractivity contribution is -0.144. The van der Waals surface area contributed by atoms with E-state index in [0.29, 0.717) is 36.5 Å². The van der Waals surface area contributed by atoms with Gasteiger partial charge in [0.25, 0.3) is 5.56 Å². The second-order valence-electron chi connectivity index (χ2n) is 7.44. The molecule has 2 aromatic heterocycles. The van der Waals surface area contributed by atoms with Crippen molar-refractivity contribution in [1.29, 1.82) is 0 Å². The predicted molar refractivity (Wildman–Crippen MR) is 119 cm³/mol. The normalized spacial score (nSPS) is 11.7. The highest BCUT2D eigenvalue weighted by Crippen LogP contribution is 2.37. The number of fused-ring (bicyclic) bond motifs is 1. The maximum Gasteiger partial charge on any atom is 0.431 e. The van der Waals surface area contributed by atoms with Crippen LogP contribution in [0.2, 0.25) is 0 Å². The maximum absolute atomic E-state index is 13.2. The number of aliphatic carboxylic acids is 1. The number of carboxylic acids is 1. The Kier molecular flexibility index (Phi) is 5.77. The Bertz CT molecular complexity index is 1550. The van der Waals surface area contributed by atoms with E-state index in [4.69, 9.17) is 9.84 Å². The van der Waals surface area contributed by atoms with Gasteiger partial charge < -0.3 is 9.84 Å². The van der Waals surface area contributed by atoms with Crippen molar-refractivity contribution in [3.8, 4) is 22.7 Å². The standard InChI is InChI=1S/C22H16F3N3O5S/c1-11-3-5-13(15(7-11)33-10-19(30)31)20-14-8-12(4-6-16(14)34-26-20)28-18(29)9-17(22(23,24)25)27(2)21(28)32/h3-9H,10H2,1-2H3,(H,30,31). The summed E-state index contributed by atoms with van der Waals surface area (Å²) < 4.78 is 51.0. The summed E-state index contributed by atoms with van der Waals surface area (Å²) in [5, 5.41) is 9.49. The van der Waals surface area contributed by atoms with Crippen LogP contribution < -0.4 is 16.0 Å². The van der Waals surface area contributed by atoms with Gasteiger partial charge in [0.1, 0.15) is 11.4 Å². The quantitative estimate of drug-likeness (QED) is 0.458. The van der Waals surface area contributed by atoms with Gasteiger partial charge in [0.2, 0.25) is 0 Å². The fourth-order valence-corrected chi connectivity index (χ4v) is 4.25. The number of halogens is 3. The third-order valence-electron chi connectivity index (χ3n) is 5.07. The molecule has 0 saturated carbocycles. The zero-order valence-corrected chi connectivity index (χ0v) is 18.5. The van der Waals surface area contributed by atoms with Gasteiger partial charge in [0, 0.05) is 24.1 Å². The van der Waals surface area contributed by atoms with Crippen molar-refractivity contribution in [2.75, 3.05) is 6.61 Å². The maximum atomic E-state index is 13.2. The number of aryl methyl sites for hydroxylation is 1. The molecule has 34 heavy (non-hydrogen) atoms. The first kappa shape index (κ1) is 23.2. The van der Waals surface area contributed by atoms with Crippen molar-refractivity contribution in [3.63, 3.8) is 0 Å². The first-order chi connectivity index (χ1) is 16.0. The van der Waals surface area contributed by atoms with Crippen LogP contribution in [0.3, 0.4) is 0 Å². The van der Waals surface area contributed by atoms with Crippen LogP contribution in [0.4, 0.5) is 13.2 Å². The fourth-order valence-electron chi connectivity index (χ4n) is 3.48. The van der Waals surface area contributed by atoms with E-state index >= 15 is 0 Å². The molecule has 0 saturated heterocycles. The van der Waals surface area contributed by atoms with E-state index < -0.39 is 35.7 Å². The topological polar surface area (TPSA) is 103 Å². The van der Waals surface area contributed by atoms with Crippen LogP contribution in [0.1, 0.15) is 11.3 Å². The van der Waals surface area contributed by atoms with Crippen molar-refractivity contribution < 1.29 is 27.8 Å². The van der Waals surface area contributed by atoms with Crippen LogP contribution in [0.15, 0.2) is 52.1 Å². The van der Waals surface area contributed by atoms with E-state index in [0.717, 1.165) is 24.1 Å². The Morgan fingerprint density at radius 2 is 1.88 bits per heavy atom. The largest absolute Gasteiger partial charge is 0.481 e. The highest BCUT2D eigenvalue weighted by molar-refractivity contribution is 7.13. The van der Waals surface area contributed by atoms with Gasteiger partial charge in [-0.05, 0) is 54.4 Å². The molecule has 0 unspecified atom stereocenters. The third-order valence-corrected chi connectivity index (χ3v) is 5.89. The average Bonchev–Trinajstić information content (AvgIpc) is 3.17. The number of ether oxygens (including phenoxy) is 1. The molecule has 0 aliphatic carbocycles. The second kappa shape index (κ2) is 8.45. The van der Waals surface area contributed by atoms with E-state index in [1.807, 2.05) is 6.92 Å². The molecule has 0 bridgehead atoms. The first-order valence-corrected chi connectivity index (χ1v) is 10.5. The fraction of sp³-hybridized carbons (Fsp3) is 0.182. The number of carboxylic acid groups (broad SMARTS) is 1. The number of rotatable bonds is 5. The number of benzene rings is 2. The lowest BCUT2D eigenvalue weighted by Crippen LogP contribution is -2.40. The molecule has 176 valence electrons. The number of alkyl halides is 3. The molecule has 0 aliphatic rings. The SMILES string of the molecule is Cc1ccc(-c2nsc3ccc(-n4c(=O)cc(C(F)(F)F)n(C)c4=O)cc23)c(OCC(=O)O)c1. The summed E-state index contributed by atoms with van der Waals surface area (Å²) in [7, 11) is 0.940. The van der Waals surface area contributed by atoms with Gasteiger partial charge in [0.05, 0.1) is 16.1 Å². The van der Waals surface area contributed by atoms with Crippen molar-refractivity contribution in [2.24, 2.45) is 7.05 Å². The highest BCUT2D eigenvalue weighted by atomic mass is 32.1. The van der Waals surface area contributed by atoms with E-state index in [9.17, 15) is 27.6 Å². The molecule has 8 nitrogen and oxygen atoms in total. The zero-order chi connectivity index (χ0) is 24.8. The van der Waals surface area contributed by atoms with Crippen LogP contribution in [0, 0.1) is 6.92 Å². The van der Waals surface area contributed by atoms with Crippen molar-refractivity contribution in [3.05, 3.63) is 74.6 Å². The number of hydrogen-bond donors (Lipinski definition) is 1. The van der Waals surface area contributed by atoms with Crippen molar-refractivity contribution in [1.82, 2.24) is 13.5 Å². The van der Waals surface area contributed by atoms with Gasteiger partial charge in [-0.15, -0.1) is 0 Å². The molecule has 0 atom stereocenters. The van der Waals surface area contributed by atoms with Crippen LogP contribution in [-0.4, -0.2) is 31.2 Å². The summed E-state index contributed by atoms with van der Waals surface area (Å²) in [5.41, 5.74) is -1.83. The molecule has 0 spiro atoms. The second-order valence-corrected chi connectivity index (χ2v) is 8.24. The predicted octanol–water partition coefficient (Wildman–Crippen LogP) is 3.60. The van der Waals surface area contributed by atoms with Crippen LogP contribution >= 0.6 is 11.5 Å². The van der Waals surface area contributed by atoms with E-state index in [2.05, 4.69) is 4.37 Å². The molecule has 1 N–H and O–H groups in total. The minimum absolute atomic E-state index is 0.0633. The number of carbonyl (C=O) groups is 1. The number of hydrogen-bond acceptors (Lipinski definition) is 6. The molecular weight excluding hydrogens is 475 g/mol. The van der Waals surface area contributed by atoms with Gasteiger partial charge in [-0.1, -0.05) is 6.07 Å². The summed E-state index contributed by atoms with van der Waals surface area (Å²) in [6.07, 6.45) is -4.86. The van der Waals surface area contributed by atoms with Gasteiger partial charge in [-0.2, -0.15) is 17.5 Å². The monoisotopic (exact) mass is 491 g/mol. The summed E-state index contributed by atoms with van der Waals surface area (Å²) in [5.74, 6) is -0.877. The Hall–Kier alpha value is -3.93. The summed E-state index contributed by atoms with van der Waals surface area (Å²) >= 11 is 1.13. The van der Waals surface area contributed by atoms with Gasteiger partial charge in [0.15, 0.2) is 6.61 Å². The summed E-state index contributed by atoms with van der Waals surface area (Å²) in [4.78, 5) is 36.1. The van der Waals surface area contributed by atoms with Crippen LogP contribution in [0.25, 0.3) is 27.0 Å². The smallest absolute Gasteiger partial charge is 0.431 e. The molecule has 2 heterocycles. The third kappa shape index (κ3) is 4.19. The minimum Gasteiger partial charge on any atom is -0.481 e. The van der Waals surface area contributed by atoms with Crippen molar-refractivity contribution >= 4 is 27.6 Å². The minimum atomic E-state index is -4.86.